The number of pyridine rings is 1. The minimum Gasteiger partial charge on any atom is -0.478 e. The predicted molar refractivity (Wildman–Crippen MR) is 78.9 cm³/mol. The Kier molecular flexibility index (Phi) is 5.21. The van der Waals surface area contributed by atoms with Crippen molar-refractivity contribution in [1.82, 2.24) is 10.3 Å². The maximum absolute atomic E-state index is 12.1. The van der Waals surface area contributed by atoms with Crippen LogP contribution in [0.15, 0.2) is 18.3 Å². The van der Waals surface area contributed by atoms with Gasteiger partial charge in [-0.2, -0.15) is 0 Å². The molecular weight excluding hydrogens is 254 g/mol. The highest BCUT2D eigenvalue weighted by atomic mass is 16.5. The van der Waals surface area contributed by atoms with E-state index in [0.717, 1.165) is 18.5 Å². The minimum atomic E-state index is -0.268. The van der Waals surface area contributed by atoms with Crippen LogP contribution < -0.4 is 15.4 Å². The van der Waals surface area contributed by atoms with Gasteiger partial charge in [-0.3, -0.25) is 4.79 Å². The lowest BCUT2D eigenvalue weighted by molar-refractivity contribution is -0.122. The molecule has 110 valence electrons. The summed E-state index contributed by atoms with van der Waals surface area (Å²) in [6, 6.07) is 3.76. The summed E-state index contributed by atoms with van der Waals surface area (Å²) in [5.41, 5.74) is 0.822. The van der Waals surface area contributed by atoms with E-state index in [1.54, 1.807) is 12.3 Å². The average Bonchev–Trinajstić information content (AvgIpc) is 2.94. The van der Waals surface area contributed by atoms with Gasteiger partial charge >= 0.3 is 0 Å². The summed E-state index contributed by atoms with van der Waals surface area (Å²) < 4.78 is 5.28. The van der Waals surface area contributed by atoms with E-state index in [2.05, 4.69) is 15.6 Å². The fourth-order valence-corrected chi connectivity index (χ4v) is 2.41. The molecule has 2 N–H and O–H groups in total. The van der Waals surface area contributed by atoms with Crippen molar-refractivity contribution in [2.45, 2.75) is 51.6 Å². The quantitative estimate of drug-likeness (QED) is 0.837. The fourth-order valence-electron chi connectivity index (χ4n) is 2.41. The summed E-state index contributed by atoms with van der Waals surface area (Å²) in [7, 11) is 0. The Hall–Kier alpha value is -1.78. The van der Waals surface area contributed by atoms with E-state index >= 15 is 0 Å². The molecule has 5 heteroatoms. The van der Waals surface area contributed by atoms with E-state index in [4.69, 9.17) is 4.74 Å². The Bertz CT molecular complexity index is 427. The van der Waals surface area contributed by atoms with Crippen molar-refractivity contribution in [3.8, 4) is 5.88 Å². The van der Waals surface area contributed by atoms with E-state index in [1.807, 2.05) is 19.9 Å². The molecule has 0 aromatic carbocycles. The summed E-state index contributed by atoms with van der Waals surface area (Å²) in [5, 5.41) is 6.24. The smallest absolute Gasteiger partial charge is 0.242 e. The van der Waals surface area contributed by atoms with Gasteiger partial charge in [0.25, 0.3) is 0 Å². The highest BCUT2D eigenvalue weighted by Gasteiger charge is 2.20. The first-order valence-electron chi connectivity index (χ1n) is 7.35. The number of rotatable bonds is 6. The van der Waals surface area contributed by atoms with Crippen LogP contribution in [0.5, 0.6) is 5.88 Å². The number of nitrogens with one attached hydrogen (secondary N) is 2. The number of carbonyl (C=O) groups is 1. The zero-order chi connectivity index (χ0) is 14.4. The molecule has 1 atom stereocenters. The van der Waals surface area contributed by atoms with E-state index in [9.17, 15) is 4.79 Å². The topological polar surface area (TPSA) is 63.2 Å². The number of amides is 1. The lowest BCUT2D eigenvalue weighted by Crippen LogP contribution is -2.42. The van der Waals surface area contributed by atoms with Crippen molar-refractivity contribution in [2.24, 2.45) is 0 Å². The Balaban J connectivity index is 1.83. The number of nitrogens with zero attached hydrogens (tertiary/aromatic N) is 1. The molecule has 1 unspecified atom stereocenters. The monoisotopic (exact) mass is 277 g/mol. The van der Waals surface area contributed by atoms with Crippen molar-refractivity contribution < 1.29 is 9.53 Å². The van der Waals surface area contributed by atoms with Crippen molar-refractivity contribution >= 4 is 11.6 Å². The molecule has 1 heterocycles. The third-order valence-corrected chi connectivity index (χ3v) is 3.51. The first kappa shape index (κ1) is 14.6. The third-order valence-electron chi connectivity index (χ3n) is 3.51. The summed E-state index contributed by atoms with van der Waals surface area (Å²) >= 11 is 0. The lowest BCUT2D eigenvalue weighted by atomic mass is 10.2. The maximum atomic E-state index is 12.1. The van der Waals surface area contributed by atoms with Gasteiger partial charge in [-0.25, -0.2) is 4.98 Å². The van der Waals surface area contributed by atoms with Gasteiger partial charge in [0.2, 0.25) is 11.8 Å². The Labute approximate surface area is 120 Å². The van der Waals surface area contributed by atoms with Crippen molar-refractivity contribution in [1.29, 1.82) is 0 Å². The van der Waals surface area contributed by atoms with Gasteiger partial charge in [0.15, 0.2) is 0 Å². The Morgan fingerprint density at radius 2 is 2.20 bits per heavy atom. The first-order valence-corrected chi connectivity index (χ1v) is 7.35. The Morgan fingerprint density at radius 1 is 1.45 bits per heavy atom. The zero-order valence-electron chi connectivity index (χ0n) is 12.2. The third kappa shape index (κ3) is 4.11. The molecular formula is C15H23N3O2. The first-order chi connectivity index (χ1) is 9.69. The lowest BCUT2D eigenvalue weighted by Gasteiger charge is -2.18. The number of hydrogen-bond acceptors (Lipinski definition) is 4. The number of carbonyl (C=O) groups excluding carboxylic acids is 1. The number of anilines is 1. The molecule has 0 aliphatic heterocycles. The molecule has 1 fully saturated rings. The molecule has 20 heavy (non-hydrogen) atoms. The number of ether oxygens (including phenoxy) is 1. The van der Waals surface area contributed by atoms with Crippen molar-refractivity contribution in [3.63, 3.8) is 0 Å². The summed E-state index contributed by atoms with van der Waals surface area (Å²) in [5.74, 6) is 0.645. The van der Waals surface area contributed by atoms with Crippen LogP contribution in [0.3, 0.4) is 0 Å². The molecule has 0 bridgehead atoms. The van der Waals surface area contributed by atoms with Gasteiger partial charge in [-0.05, 0) is 32.8 Å². The molecule has 1 aromatic rings. The molecule has 1 saturated carbocycles. The molecule has 2 rings (SSSR count). The molecule has 0 radical (unpaired) electrons. The fraction of sp³-hybridized carbons (Fsp3) is 0.600. The molecule has 0 spiro atoms. The molecule has 1 aliphatic rings. The number of hydrogen-bond donors (Lipinski definition) is 2. The SMILES string of the molecule is CCOc1ccc(NC(C)C(=O)NC2CCCC2)cn1. The van der Waals surface area contributed by atoms with Crippen LogP contribution in [0.2, 0.25) is 0 Å². The normalized spacial score (nSPS) is 16.7. The maximum Gasteiger partial charge on any atom is 0.242 e. The van der Waals surface area contributed by atoms with Crippen LogP contribution >= 0.6 is 0 Å². The Morgan fingerprint density at radius 3 is 2.80 bits per heavy atom. The second-order valence-corrected chi connectivity index (χ2v) is 5.17. The van der Waals surface area contributed by atoms with Crippen LogP contribution in [0, 0.1) is 0 Å². The van der Waals surface area contributed by atoms with Crippen LogP contribution in [0.1, 0.15) is 39.5 Å². The second-order valence-electron chi connectivity index (χ2n) is 5.17. The number of aromatic nitrogens is 1. The molecule has 1 aliphatic carbocycles. The molecule has 5 nitrogen and oxygen atoms in total. The van der Waals surface area contributed by atoms with E-state index < -0.39 is 0 Å². The van der Waals surface area contributed by atoms with Gasteiger partial charge in [-0.15, -0.1) is 0 Å². The minimum absolute atomic E-state index is 0.0470. The summed E-state index contributed by atoms with van der Waals surface area (Å²) in [6.45, 7) is 4.38. The standard InChI is InChI=1S/C15H23N3O2/c1-3-20-14-9-8-13(10-16-14)17-11(2)15(19)18-12-6-4-5-7-12/h8-12,17H,3-7H2,1-2H3,(H,18,19). The van der Waals surface area contributed by atoms with Gasteiger partial charge in [0.1, 0.15) is 6.04 Å². The van der Waals surface area contributed by atoms with E-state index in [-0.39, 0.29) is 11.9 Å². The summed E-state index contributed by atoms with van der Waals surface area (Å²) in [6.07, 6.45) is 6.32. The van der Waals surface area contributed by atoms with Gasteiger partial charge in [-0.1, -0.05) is 12.8 Å². The van der Waals surface area contributed by atoms with Crippen molar-refractivity contribution in [2.75, 3.05) is 11.9 Å². The second kappa shape index (κ2) is 7.12. The largest absolute Gasteiger partial charge is 0.478 e. The van der Waals surface area contributed by atoms with Gasteiger partial charge < -0.3 is 15.4 Å². The van der Waals surface area contributed by atoms with Crippen LogP contribution in [0.4, 0.5) is 5.69 Å². The van der Waals surface area contributed by atoms with Crippen LogP contribution in [0.25, 0.3) is 0 Å². The van der Waals surface area contributed by atoms with Crippen molar-refractivity contribution in [3.05, 3.63) is 18.3 Å². The van der Waals surface area contributed by atoms with E-state index in [0.29, 0.717) is 18.5 Å². The van der Waals surface area contributed by atoms with Gasteiger partial charge in [0.05, 0.1) is 18.5 Å². The molecule has 0 saturated heterocycles. The van der Waals surface area contributed by atoms with Crippen LogP contribution in [-0.4, -0.2) is 29.6 Å². The zero-order valence-corrected chi connectivity index (χ0v) is 12.2. The molecule has 1 amide bonds. The predicted octanol–water partition coefficient (Wildman–Crippen LogP) is 2.34. The van der Waals surface area contributed by atoms with Gasteiger partial charge in [0, 0.05) is 12.1 Å². The molecule has 1 aromatic heterocycles. The van der Waals surface area contributed by atoms with E-state index in [1.165, 1.54) is 12.8 Å². The highest BCUT2D eigenvalue weighted by Crippen LogP contribution is 2.18. The van der Waals surface area contributed by atoms with Crippen LogP contribution in [-0.2, 0) is 4.79 Å². The average molecular weight is 277 g/mol. The highest BCUT2D eigenvalue weighted by molar-refractivity contribution is 5.84. The summed E-state index contributed by atoms with van der Waals surface area (Å²) in [4.78, 5) is 16.2.